The highest BCUT2D eigenvalue weighted by molar-refractivity contribution is 7.92. The molecule has 0 heterocycles. The molecule has 0 saturated heterocycles. The molecule has 5 nitrogen and oxygen atoms in total. The van der Waals surface area contributed by atoms with E-state index in [4.69, 9.17) is 5.21 Å². The largest absolute Gasteiger partial charge is 0.411 e. The number of sulfonamides is 1. The summed E-state index contributed by atoms with van der Waals surface area (Å²) in [7, 11) is -3.27. The van der Waals surface area contributed by atoms with Gasteiger partial charge in [0.1, 0.15) is 0 Å². The molecule has 0 atom stereocenters. The zero-order chi connectivity index (χ0) is 13.6. The topological polar surface area (TPSA) is 78.8 Å². The van der Waals surface area contributed by atoms with Crippen molar-refractivity contribution in [1.82, 2.24) is 0 Å². The molecule has 100 valence electrons. The van der Waals surface area contributed by atoms with E-state index in [1.54, 1.807) is 31.2 Å². The van der Waals surface area contributed by atoms with E-state index in [1.807, 2.05) is 6.92 Å². The number of hydrogen-bond donors (Lipinski definition) is 2. The van der Waals surface area contributed by atoms with E-state index in [-0.39, 0.29) is 5.75 Å². The standard InChI is InChI=1S/C12H18N2O3S/c1-3-4-9-18(16,17)14-12-7-5-11(6-8-12)10(2)13-15/h5-8,14-15H,3-4,9H2,1-2H3/b13-10+. The van der Waals surface area contributed by atoms with Crippen molar-refractivity contribution in [3.63, 3.8) is 0 Å². The average Bonchev–Trinajstić information content (AvgIpc) is 2.36. The van der Waals surface area contributed by atoms with Crippen LogP contribution in [0.25, 0.3) is 0 Å². The van der Waals surface area contributed by atoms with Gasteiger partial charge >= 0.3 is 0 Å². The van der Waals surface area contributed by atoms with Crippen LogP contribution in [0.3, 0.4) is 0 Å². The Morgan fingerprint density at radius 3 is 2.44 bits per heavy atom. The summed E-state index contributed by atoms with van der Waals surface area (Å²) in [6.45, 7) is 3.61. The molecule has 0 fully saturated rings. The first kappa shape index (κ1) is 14.5. The maximum atomic E-state index is 11.7. The Kier molecular flexibility index (Phi) is 5.15. The van der Waals surface area contributed by atoms with Gasteiger partial charge in [-0.2, -0.15) is 0 Å². The first-order valence-corrected chi connectivity index (χ1v) is 7.43. The summed E-state index contributed by atoms with van der Waals surface area (Å²) < 4.78 is 25.8. The van der Waals surface area contributed by atoms with Crippen LogP contribution >= 0.6 is 0 Å². The molecule has 0 spiro atoms. The minimum Gasteiger partial charge on any atom is -0.411 e. The Balaban J connectivity index is 2.75. The minimum absolute atomic E-state index is 0.127. The average molecular weight is 270 g/mol. The lowest BCUT2D eigenvalue weighted by Crippen LogP contribution is -2.16. The summed E-state index contributed by atoms with van der Waals surface area (Å²) in [5.74, 6) is 0.127. The van der Waals surface area contributed by atoms with Gasteiger partial charge in [0.15, 0.2) is 0 Å². The van der Waals surface area contributed by atoms with Crippen molar-refractivity contribution >= 4 is 21.4 Å². The fourth-order valence-corrected chi connectivity index (χ4v) is 2.67. The number of oxime groups is 1. The molecular weight excluding hydrogens is 252 g/mol. The molecule has 18 heavy (non-hydrogen) atoms. The number of anilines is 1. The summed E-state index contributed by atoms with van der Waals surface area (Å²) in [4.78, 5) is 0. The van der Waals surface area contributed by atoms with E-state index in [1.165, 1.54) is 0 Å². The maximum absolute atomic E-state index is 11.7. The van der Waals surface area contributed by atoms with Crippen LogP contribution in [0.2, 0.25) is 0 Å². The van der Waals surface area contributed by atoms with Crippen molar-refractivity contribution in [3.05, 3.63) is 29.8 Å². The highest BCUT2D eigenvalue weighted by Gasteiger charge is 2.09. The molecule has 1 aromatic rings. The SMILES string of the molecule is CCCCS(=O)(=O)Nc1ccc(/C(C)=N/O)cc1. The molecule has 0 radical (unpaired) electrons. The van der Waals surface area contributed by atoms with Gasteiger partial charge in [0.2, 0.25) is 10.0 Å². The van der Waals surface area contributed by atoms with Gasteiger partial charge in [-0.3, -0.25) is 4.72 Å². The van der Waals surface area contributed by atoms with Crippen LogP contribution in [0.15, 0.2) is 29.4 Å². The summed E-state index contributed by atoms with van der Waals surface area (Å²) in [6, 6.07) is 6.69. The first-order chi connectivity index (χ1) is 8.48. The predicted octanol–water partition coefficient (Wildman–Crippen LogP) is 2.43. The van der Waals surface area contributed by atoms with Gasteiger partial charge in [-0.1, -0.05) is 30.6 Å². The van der Waals surface area contributed by atoms with Crippen molar-refractivity contribution in [2.45, 2.75) is 26.7 Å². The molecule has 0 aromatic heterocycles. The van der Waals surface area contributed by atoms with Crippen LogP contribution in [0.5, 0.6) is 0 Å². The third-order valence-corrected chi connectivity index (χ3v) is 3.87. The number of unbranched alkanes of at least 4 members (excludes halogenated alkanes) is 1. The Morgan fingerprint density at radius 2 is 1.94 bits per heavy atom. The van der Waals surface area contributed by atoms with Crippen LogP contribution in [0, 0.1) is 0 Å². The molecule has 2 N–H and O–H groups in total. The molecule has 0 amide bonds. The summed E-state index contributed by atoms with van der Waals surface area (Å²) >= 11 is 0. The molecule has 1 aromatic carbocycles. The predicted molar refractivity (Wildman–Crippen MR) is 72.8 cm³/mol. The maximum Gasteiger partial charge on any atom is 0.232 e. The third kappa shape index (κ3) is 4.37. The van der Waals surface area contributed by atoms with Gasteiger partial charge in [-0.15, -0.1) is 0 Å². The highest BCUT2D eigenvalue weighted by Crippen LogP contribution is 2.12. The van der Waals surface area contributed by atoms with E-state index < -0.39 is 10.0 Å². The number of hydrogen-bond acceptors (Lipinski definition) is 4. The molecule has 0 saturated carbocycles. The molecular formula is C12H18N2O3S. The van der Waals surface area contributed by atoms with Crippen LogP contribution in [0.1, 0.15) is 32.3 Å². The van der Waals surface area contributed by atoms with Crippen LogP contribution in [-0.4, -0.2) is 25.1 Å². The van der Waals surface area contributed by atoms with Crippen molar-refractivity contribution in [3.8, 4) is 0 Å². The van der Waals surface area contributed by atoms with Crippen LogP contribution in [0.4, 0.5) is 5.69 Å². The van der Waals surface area contributed by atoms with Gasteiger partial charge in [-0.25, -0.2) is 8.42 Å². The summed E-state index contributed by atoms with van der Waals surface area (Å²) in [5, 5.41) is 11.7. The van der Waals surface area contributed by atoms with Gasteiger partial charge in [-0.05, 0) is 31.0 Å². The Morgan fingerprint density at radius 1 is 1.33 bits per heavy atom. The van der Waals surface area contributed by atoms with Crippen molar-refractivity contribution in [2.24, 2.45) is 5.16 Å². The number of nitrogens with one attached hydrogen (secondary N) is 1. The Labute approximate surface area is 108 Å². The van der Waals surface area contributed by atoms with E-state index in [0.717, 1.165) is 12.0 Å². The quantitative estimate of drug-likeness (QED) is 0.473. The highest BCUT2D eigenvalue weighted by atomic mass is 32.2. The normalized spacial score (nSPS) is 12.4. The third-order valence-electron chi connectivity index (χ3n) is 2.49. The van der Waals surface area contributed by atoms with Gasteiger partial charge < -0.3 is 5.21 Å². The summed E-state index contributed by atoms with van der Waals surface area (Å²) in [5.41, 5.74) is 1.74. The first-order valence-electron chi connectivity index (χ1n) is 5.78. The van der Waals surface area contributed by atoms with Gasteiger partial charge in [0.25, 0.3) is 0 Å². The van der Waals surface area contributed by atoms with Crippen molar-refractivity contribution < 1.29 is 13.6 Å². The molecule has 0 aliphatic rings. The van der Waals surface area contributed by atoms with Crippen molar-refractivity contribution in [2.75, 3.05) is 10.5 Å². The molecule has 6 heteroatoms. The van der Waals surface area contributed by atoms with E-state index in [0.29, 0.717) is 17.8 Å². The molecule has 1 rings (SSSR count). The summed E-state index contributed by atoms with van der Waals surface area (Å²) in [6.07, 6.45) is 1.48. The molecule has 0 bridgehead atoms. The minimum atomic E-state index is -3.27. The van der Waals surface area contributed by atoms with Crippen molar-refractivity contribution in [1.29, 1.82) is 0 Å². The molecule has 0 aliphatic carbocycles. The second kappa shape index (κ2) is 6.39. The molecule has 0 aliphatic heterocycles. The lowest BCUT2D eigenvalue weighted by atomic mass is 10.1. The van der Waals surface area contributed by atoms with Crippen LogP contribution < -0.4 is 4.72 Å². The monoisotopic (exact) mass is 270 g/mol. The fourth-order valence-electron chi connectivity index (χ4n) is 1.40. The molecule has 0 unspecified atom stereocenters. The van der Waals surface area contributed by atoms with E-state index >= 15 is 0 Å². The second-order valence-corrected chi connectivity index (χ2v) is 5.88. The number of nitrogens with zero attached hydrogens (tertiary/aromatic N) is 1. The smallest absolute Gasteiger partial charge is 0.232 e. The Bertz CT molecular complexity index is 507. The Hall–Kier alpha value is -1.56. The number of rotatable bonds is 6. The zero-order valence-electron chi connectivity index (χ0n) is 10.5. The second-order valence-electron chi connectivity index (χ2n) is 4.04. The number of benzene rings is 1. The lowest BCUT2D eigenvalue weighted by Gasteiger charge is -2.08. The van der Waals surface area contributed by atoms with Gasteiger partial charge in [0, 0.05) is 5.69 Å². The zero-order valence-corrected chi connectivity index (χ0v) is 11.4. The van der Waals surface area contributed by atoms with Gasteiger partial charge in [0.05, 0.1) is 11.5 Å². The fraction of sp³-hybridized carbons (Fsp3) is 0.417. The van der Waals surface area contributed by atoms with E-state index in [9.17, 15) is 8.42 Å². The van der Waals surface area contributed by atoms with E-state index in [2.05, 4.69) is 9.88 Å². The lowest BCUT2D eigenvalue weighted by molar-refractivity contribution is 0.319. The van der Waals surface area contributed by atoms with Crippen LogP contribution in [-0.2, 0) is 10.0 Å².